The van der Waals surface area contributed by atoms with Gasteiger partial charge in [-0.3, -0.25) is 5.10 Å². The predicted molar refractivity (Wildman–Crippen MR) is 70.1 cm³/mol. The van der Waals surface area contributed by atoms with Gasteiger partial charge in [-0.1, -0.05) is 30.3 Å². The summed E-state index contributed by atoms with van der Waals surface area (Å²) in [5.74, 6) is 0.916. The minimum atomic E-state index is 0.814. The van der Waals surface area contributed by atoms with Crippen molar-refractivity contribution in [2.45, 2.75) is 13.5 Å². The van der Waals surface area contributed by atoms with E-state index in [1.165, 1.54) is 5.56 Å². The van der Waals surface area contributed by atoms with Crippen LogP contribution in [0.15, 0.2) is 48.8 Å². The largest absolute Gasteiger partial charge is 0.325 e. The van der Waals surface area contributed by atoms with Crippen molar-refractivity contribution in [1.82, 2.24) is 19.7 Å². The zero-order chi connectivity index (χ0) is 12.4. The van der Waals surface area contributed by atoms with Crippen molar-refractivity contribution in [3.8, 4) is 11.5 Å². The highest BCUT2D eigenvalue weighted by molar-refractivity contribution is 5.50. The first-order valence-corrected chi connectivity index (χ1v) is 5.90. The molecule has 0 aliphatic heterocycles. The van der Waals surface area contributed by atoms with Gasteiger partial charge in [0.1, 0.15) is 5.69 Å². The molecule has 1 aromatic carbocycles. The average Bonchev–Trinajstić information content (AvgIpc) is 2.99. The standard InChI is InChI=1S/C14H14N4/c1-11-9-13(17-16-11)14-15-7-8-18(14)10-12-5-3-2-4-6-12/h2-9H,10H2,1H3,(H,16,17). The van der Waals surface area contributed by atoms with Crippen LogP contribution in [0.4, 0.5) is 0 Å². The maximum absolute atomic E-state index is 4.39. The Hall–Kier alpha value is -2.36. The maximum atomic E-state index is 4.39. The first-order valence-electron chi connectivity index (χ1n) is 5.90. The Morgan fingerprint density at radius 3 is 2.78 bits per heavy atom. The van der Waals surface area contributed by atoms with E-state index in [-0.39, 0.29) is 0 Å². The SMILES string of the molecule is Cc1cc(-c2nccn2Cc2ccccc2)[nH]n1. The van der Waals surface area contributed by atoms with E-state index in [9.17, 15) is 0 Å². The first kappa shape index (κ1) is 10.8. The van der Waals surface area contributed by atoms with Crippen LogP contribution in [-0.4, -0.2) is 19.7 Å². The summed E-state index contributed by atoms with van der Waals surface area (Å²) in [4.78, 5) is 4.39. The summed E-state index contributed by atoms with van der Waals surface area (Å²) in [7, 11) is 0. The fourth-order valence-electron chi connectivity index (χ4n) is 2.00. The highest BCUT2D eigenvalue weighted by Crippen LogP contribution is 2.16. The van der Waals surface area contributed by atoms with Crippen LogP contribution in [0.3, 0.4) is 0 Å². The van der Waals surface area contributed by atoms with Crippen molar-refractivity contribution in [3.63, 3.8) is 0 Å². The molecule has 90 valence electrons. The Morgan fingerprint density at radius 2 is 2.06 bits per heavy atom. The number of H-pyrrole nitrogens is 1. The van der Waals surface area contributed by atoms with Crippen molar-refractivity contribution in [2.75, 3.05) is 0 Å². The third-order valence-electron chi connectivity index (χ3n) is 2.86. The van der Waals surface area contributed by atoms with E-state index in [2.05, 4.69) is 31.9 Å². The van der Waals surface area contributed by atoms with E-state index >= 15 is 0 Å². The molecule has 0 aliphatic rings. The molecule has 4 heteroatoms. The first-order chi connectivity index (χ1) is 8.83. The number of rotatable bonds is 3. The van der Waals surface area contributed by atoms with Crippen LogP contribution in [0, 0.1) is 6.92 Å². The molecule has 0 amide bonds. The third-order valence-corrected chi connectivity index (χ3v) is 2.86. The number of benzene rings is 1. The van der Waals surface area contributed by atoms with Gasteiger partial charge in [0, 0.05) is 18.9 Å². The zero-order valence-electron chi connectivity index (χ0n) is 10.2. The number of nitrogens with zero attached hydrogens (tertiary/aromatic N) is 3. The molecular formula is C14H14N4. The predicted octanol–water partition coefficient (Wildman–Crippen LogP) is 2.63. The third kappa shape index (κ3) is 2.05. The molecule has 3 rings (SSSR count). The summed E-state index contributed by atoms with van der Waals surface area (Å²) in [6, 6.07) is 12.4. The number of hydrogen-bond acceptors (Lipinski definition) is 2. The van der Waals surface area contributed by atoms with Gasteiger partial charge in [0.05, 0.1) is 5.69 Å². The van der Waals surface area contributed by atoms with Crippen LogP contribution in [-0.2, 0) is 6.54 Å². The average molecular weight is 238 g/mol. The summed E-state index contributed by atoms with van der Waals surface area (Å²) >= 11 is 0. The van der Waals surface area contributed by atoms with Crippen LogP contribution >= 0.6 is 0 Å². The summed E-state index contributed by atoms with van der Waals surface area (Å²) in [5, 5.41) is 7.14. The second kappa shape index (κ2) is 4.49. The van der Waals surface area contributed by atoms with Gasteiger partial charge in [-0.2, -0.15) is 5.10 Å². The summed E-state index contributed by atoms with van der Waals surface area (Å²) in [5.41, 5.74) is 3.18. The molecule has 1 N–H and O–H groups in total. The molecule has 2 heterocycles. The molecule has 0 fully saturated rings. The molecule has 0 atom stereocenters. The van der Waals surface area contributed by atoms with E-state index in [1.54, 1.807) is 0 Å². The van der Waals surface area contributed by atoms with Crippen LogP contribution in [0.2, 0.25) is 0 Å². The Kier molecular flexibility index (Phi) is 2.68. The van der Waals surface area contributed by atoms with Crippen molar-refractivity contribution in [1.29, 1.82) is 0 Å². The van der Waals surface area contributed by atoms with Crippen molar-refractivity contribution in [2.24, 2.45) is 0 Å². The van der Waals surface area contributed by atoms with Crippen LogP contribution in [0.1, 0.15) is 11.3 Å². The van der Waals surface area contributed by atoms with Gasteiger partial charge in [0.25, 0.3) is 0 Å². The van der Waals surface area contributed by atoms with Crippen LogP contribution in [0.5, 0.6) is 0 Å². The van der Waals surface area contributed by atoms with Gasteiger partial charge in [-0.15, -0.1) is 0 Å². The number of nitrogens with one attached hydrogen (secondary N) is 1. The monoisotopic (exact) mass is 238 g/mol. The smallest absolute Gasteiger partial charge is 0.158 e. The Labute approximate surface area is 105 Å². The summed E-state index contributed by atoms with van der Waals surface area (Å²) in [6.07, 6.45) is 3.80. The second-order valence-electron chi connectivity index (χ2n) is 4.29. The second-order valence-corrected chi connectivity index (χ2v) is 4.29. The molecule has 0 saturated heterocycles. The van der Waals surface area contributed by atoms with Crippen LogP contribution in [0.25, 0.3) is 11.5 Å². The highest BCUT2D eigenvalue weighted by Gasteiger charge is 2.08. The van der Waals surface area contributed by atoms with Gasteiger partial charge in [0.15, 0.2) is 5.82 Å². The van der Waals surface area contributed by atoms with Crippen LogP contribution < -0.4 is 0 Å². The van der Waals surface area contributed by atoms with Gasteiger partial charge in [-0.25, -0.2) is 4.98 Å². The Bertz CT molecular complexity index is 637. The number of aromatic nitrogens is 4. The normalized spacial score (nSPS) is 10.7. The molecule has 2 aromatic heterocycles. The van der Waals surface area contributed by atoms with Crippen molar-refractivity contribution < 1.29 is 0 Å². The molecular weight excluding hydrogens is 224 g/mol. The van der Waals surface area contributed by atoms with Gasteiger partial charge in [0.2, 0.25) is 0 Å². The molecule has 0 unspecified atom stereocenters. The van der Waals surface area contributed by atoms with Crippen molar-refractivity contribution in [3.05, 3.63) is 60.0 Å². The fraction of sp³-hybridized carbons (Fsp3) is 0.143. The summed E-state index contributed by atoms with van der Waals surface area (Å²) in [6.45, 7) is 2.78. The van der Waals surface area contributed by atoms with Crippen molar-refractivity contribution >= 4 is 0 Å². The number of aryl methyl sites for hydroxylation is 1. The van der Waals surface area contributed by atoms with E-state index < -0.39 is 0 Å². The maximum Gasteiger partial charge on any atom is 0.158 e. The number of aromatic amines is 1. The zero-order valence-corrected chi connectivity index (χ0v) is 10.2. The van der Waals surface area contributed by atoms with Gasteiger partial charge in [-0.05, 0) is 18.6 Å². The molecule has 18 heavy (non-hydrogen) atoms. The lowest BCUT2D eigenvalue weighted by molar-refractivity contribution is 0.802. The molecule has 0 aliphatic carbocycles. The Balaban J connectivity index is 1.93. The molecule has 0 spiro atoms. The lowest BCUT2D eigenvalue weighted by Gasteiger charge is -2.06. The summed E-state index contributed by atoms with van der Waals surface area (Å²) < 4.78 is 2.11. The molecule has 0 bridgehead atoms. The van der Waals surface area contributed by atoms with E-state index in [4.69, 9.17) is 0 Å². The fourth-order valence-corrected chi connectivity index (χ4v) is 2.00. The lowest BCUT2D eigenvalue weighted by Crippen LogP contribution is -2.01. The molecule has 4 nitrogen and oxygen atoms in total. The number of imidazole rings is 1. The quantitative estimate of drug-likeness (QED) is 0.762. The molecule has 0 radical (unpaired) electrons. The molecule has 3 aromatic rings. The lowest BCUT2D eigenvalue weighted by atomic mass is 10.2. The number of hydrogen-bond donors (Lipinski definition) is 1. The van der Waals surface area contributed by atoms with E-state index in [0.29, 0.717) is 0 Å². The Morgan fingerprint density at radius 1 is 1.22 bits per heavy atom. The minimum absolute atomic E-state index is 0.814. The van der Waals surface area contributed by atoms with E-state index in [0.717, 1.165) is 23.8 Å². The topological polar surface area (TPSA) is 46.5 Å². The van der Waals surface area contributed by atoms with Gasteiger partial charge < -0.3 is 4.57 Å². The van der Waals surface area contributed by atoms with E-state index in [1.807, 2.05) is 43.6 Å². The van der Waals surface area contributed by atoms with Gasteiger partial charge >= 0.3 is 0 Å². The molecule has 0 saturated carbocycles. The minimum Gasteiger partial charge on any atom is -0.325 e. The highest BCUT2D eigenvalue weighted by atomic mass is 15.2.